The van der Waals surface area contributed by atoms with Gasteiger partial charge < -0.3 is 5.32 Å². The monoisotopic (exact) mass is 390 g/mol. The Kier molecular flexibility index (Phi) is 3.54. The van der Waals surface area contributed by atoms with Crippen LogP contribution >= 0.6 is 0 Å². The van der Waals surface area contributed by atoms with E-state index in [2.05, 4.69) is 5.32 Å². The molecule has 2 bridgehead atoms. The molecule has 0 radical (unpaired) electrons. The van der Waals surface area contributed by atoms with Crippen LogP contribution in [0.2, 0.25) is 0 Å². The van der Waals surface area contributed by atoms with Crippen LogP contribution in [-0.2, 0) is 20.6 Å². The quantitative estimate of drug-likeness (QED) is 0.638. The lowest BCUT2D eigenvalue weighted by Crippen LogP contribution is -2.40. The summed E-state index contributed by atoms with van der Waals surface area (Å²) in [5.41, 5.74) is -0.911. The number of benzene rings is 1. The number of nitrogens with one attached hydrogen (secondary N) is 1. The van der Waals surface area contributed by atoms with Gasteiger partial charge >= 0.3 is 6.18 Å². The zero-order chi connectivity index (χ0) is 19.8. The van der Waals surface area contributed by atoms with E-state index >= 15 is 0 Å². The van der Waals surface area contributed by atoms with E-state index in [0.29, 0.717) is 11.8 Å². The van der Waals surface area contributed by atoms with E-state index in [-0.39, 0.29) is 29.3 Å². The maximum Gasteiger partial charge on any atom is 0.416 e. The molecule has 28 heavy (non-hydrogen) atoms. The number of carbonyl (C=O) groups excluding carboxylic acids is 3. The van der Waals surface area contributed by atoms with Crippen molar-refractivity contribution in [2.24, 2.45) is 35.5 Å². The molecule has 3 fully saturated rings. The highest BCUT2D eigenvalue weighted by atomic mass is 19.4. The summed E-state index contributed by atoms with van der Waals surface area (Å²) in [4.78, 5) is 38.9. The van der Waals surface area contributed by atoms with Gasteiger partial charge in [0.25, 0.3) is 0 Å². The number of nitrogens with zero attached hydrogens (tertiary/aromatic N) is 1. The summed E-state index contributed by atoms with van der Waals surface area (Å²) in [6.45, 7) is -0.477. The Morgan fingerprint density at radius 3 is 2.25 bits per heavy atom. The van der Waals surface area contributed by atoms with Crippen molar-refractivity contribution in [2.75, 3.05) is 11.9 Å². The summed E-state index contributed by atoms with van der Waals surface area (Å²) in [6, 6.07) is 4.25. The number of imide groups is 1. The van der Waals surface area contributed by atoms with Gasteiger partial charge in [0, 0.05) is 5.69 Å². The van der Waals surface area contributed by atoms with E-state index in [1.165, 1.54) is 12.1 Å². The van der Waals surface area contributed by atoms with E-state index in [0.717, 1.165) is 23.5 Å². The predicted molar refractivity (Wildman–Crippen MR) is 91.5 cm³/mol. The van der Waals surface area contributed by atoms with Crippen LogP contribution in [0.1, 0.15) is 12.0 Å². The number of amides is 3. The van der Waals surface area contributed by atoms with Crippen molar-refractivity contribution in [3.63, 3.8) is 0 Å². The summed E-state index contributed by atoms with van der Waals surface area (Å²) < 4.78 is 38.4. The fraction of sp³-hybridized carbons (Fsp3) is 0.450. The van der Waals surface area contributed by atoms with Crippen molar-refractivity contribution in [1.29, 1.82) is 0 Å². The van der Waals surface area contributed by atoms with Crippen LogP contribution < -0.4 is 5.32 Å². The summed E-state index contributed by atoms with van der Waals surface area (Å²) >= 11 is 0. The van der Waals surface area contributed by atoms with E-state index in [1.54, 1.807) is 0 Å². The number of halogens is 3. The van der Waals surface area contributed by atoms with Crippen LogP contribution in [0.5, 0.6) is 0 Å². The third kappa shape index (κ3) is 2.50. The largest absolute Gasteiger partial charge is 0.416 e. The SMILES string of the molecule is O=C(CN1C(=O)[C@@H]2[C@H]3C=C[C@@H]([C@@H]4C[C@@H]34)[C@H]2C1=O)Nc1cccc(C(F)(F)F)c1. The van der Waals surface area contributed by atoms with Gasteiger partial charge in [0.1, 0.15) is 6.54 Å². The maximum absolute atomic E-state index is 12.8. The molecular formula is C20H17F3N2O3. The first-order chi connectivity index (χ1) is 13.3. The molecule has 0 aromatic heterocycles. The van der Waals surface area contributed by atoms with Crippen molar-refractivity contribution >= 4 is 23.4 Å². The van der Waals surface area contributed by atoms with E-state index in [9.17, 15) is 27.6 Å². The van der Waals surface area contributed by atoms with Crippen molar-refractivity contribution in [3.05, 3.63) is 42.0 Å². The molecule has 4 aliphatic carbocycles. The molecule has 1 aliphatic heterocycles. The topological polar surface area (TPSA) is 66.5 Å². The van der Waals surface area contributed by atoms with Gasteiger partial charge in [-0.3, -0.25) is 19.3 Å². The van der Waals surface area contributed by atoms with Crippen LogP contribution in [0.25, 0.3) is 0 Å². The average Bonchev–Trinajstić information content (AvgIpc) is 3.42. The Balaban J connectivity index is 1.30. The fourth-order valence-corrected chi connectivity index (χ4v) is 5.29. The molecule has 146 valence electrons. The standard InChI is InChI=1S/C20H17F3N2O3/c21-20(22,23)9-2-1-3-10(6-9)24-15(26)8-25-18(27)16-11-4-5-12(14-7-13(11)14)17(16)19(25)28/h1-6,11-14,16-17H,7-8H2,(H,24,26)/t11-,12-,13-,14-,16+,17+/m0/s1. The zero-order valence-electron chi connectivity index (χ0n) is 14.6. The van der Waals surface area contributed by atoms with Crippen LogP contribution in [0.15, 0.2) is 36.4 Å². The Bertz CT molecular complexity index is 890. The third-order valence-electron chi connectivity index (χ3n) is 6.53. The Labute approximate surface area is 158 Å². The van der Waals surface area contributed by atoms with Crippen LogP contribution in [-0.4, -0.2) is 29.2 Å². The first-order valence-corrected chi connectivity index (χ1v) is 9.26. The van der Waals surface area contributed by atoms with Gasteiger partial charge in [-0.05, 0) is 48.3 Å². The lowest BCUT2D eigenvalue weighted by Gasteiger charge is -2.37. The van der Waals surface area contributed by atoms with E-state index in [1.807, 2.05) is 12.2 Å². The summed E-state index contributed by atoms with van der Waals surface area (Å²) in [7, 11) is 0. The molecule has 1 aromatic carbocycles. The second kappa shape index (κ2) is 5.68. The van der Waals surface area contributed by atoms with Gasteiger partial charge in [0.15, 0.2) is 0 Å². The van der Waals surface area contributed by atoms with Gasteiger partial charge in [-0.2, -0.15) is 13.2 Å². The summed E-state index contributed by atoms with van der Waals surface area (Å²) in [5.74, 6) is -1.09. The molecule has 0 spiro atoms. The molecule has 8 heteroatoms. The number of hydrogen-bond donors (Lipinski definition) is 1. The van der Waals surface area contributed by atoms with Crippen LogP contribution in [0.4, 0.5) is 18.9 Å². The second-order valence-corrected chi connectivity index (χ2v) is 8.04. The lowest BCUT2D eigenvalue weighted by molar-refractivity contribution is -0.143. The number of hydrogen-bond acceptors (Lipinski definition) is 3. The van der Waals surface area contributed by atoms with Gasteiger partial charge in [-0.25, -0.2) is 0 Å². The van der Waals surface area contributed by atoms with Crippen molar-refractivity contribution in [2.45, 2.75) is 12.6 Å². The summed E-state index contributed by atoms with van der Waals surface area (Å²) in [6.07, 6.45) is 0.602. The number of alkyl halides is 3. The van der Waals surface area contributed by atoms with Crippen molar-refractivity contribution < 1.29 is 27.6 Å². The number of rotatable bonds is 3. The first-order valence-electron chi connectivity index (χ1n) is 9.26. The molecule has 1 N–H and O–H groups in total. The molecule has 5 nitrogen and oxygen atoms in total. The molecule has 2 saturated carbocycles. The predicted octanol–water partition coefficient (Wildman–Crippen LogP) is 2.70. The molecule has 1 heterocycles. The maximum atomic E-state index is 12.8. The minimum atomic E-state index is -4.52. The Morgan fingerprint density at radius 1 is 1.07 bits per heavy atom. The number of carbonyl (C=O) groups is 3. The molecular weight excluding hydrogens is 373 g/mol. The minimum Gasteiger partial charge on any atom is -0.325 e. The highest BCUT2D eigenvalue weighted by Crippen LogP contribution is 2.65. The van der Waals surface area contributed by atoms with Crippen molar-refractivity contribution in [1.82, 2.24) is 4.90 Å². The number of anilines is 1. The second-order valence-electron chi connectivity index (χ2n) is 8.04. The Hall–Kier alpha value is -2.64. The third-order valence-corrected chi connectivity index (χ3v) is 6.53. The molecule has 1 aromatic rings. The molecule has 6 atom stereocenters. The van der Waals surface area contributed by atoms with Gasteiger partial charge in [-0.1, -0.05) is 18.2 Å². The van der Waals surface area contributed by atoms with Crippen molar-refractivity contribution in [3.8, 4) is 0 Å². The van der Waals surface area contributed by atoms with Gasteiger partial charge in [0.05, 0.1) is 17.4 Å². The molecule has 3 amide bonds. The smallest absolute Gasteiger partial charge is 0.325 e. The normalized spacial score (nSPS) is 35.0. The number of likely N-dealkylation sites (tertiary alicyclic amines) is 1. The van der Waals surface area contributed by atoms with Gasteiger partial charge in [0.2, 0.25) is 17.7 Å². The zero-order valence-corrected chi connectivity index (χ0v) is 14.6. The lowest BCUT2D eigenvalue weighted by atomic mass is 9.63. The van der Waals surface area contributed by atoms with Crippen LogP contribution in [0.3, 0.4) is 0 Å². The number of allylic oxidation sites excluding steroid dienone is 2. The summed E-state index contributed by atoms with van der Waals surface area (Å²) in [5, 5.41) is 2.36. The van der Waals surface area contributed by atoms with Gasteiger partial charge in [-0.15, -0.1) is 0 Å². The first kappa shape index (κ1) is 17.5. The van der Waals surface area contributed by atoms with E-state index < -0.39 is 36.0 Å². The molecule has 5 aliphatic rings. The highest BCUT2D eigenvalue weighted by Gasteiger charge is 2.67. The molecule has 0 unspecified atom stereocenters. The molecule has 1 saturated heterocycles. The minimum absolute atomic E-state index is 0.0284. The average molecular weight is 390 g/mol. The van der Waals surface area contributed by atoms with Crippen LogP contribution in [0, 0.1) is 35.5 Å². The fourth-order valence-electron chi connectivity index (χ4n) is 5.29. The molecule has 6 rings (SSSR count). The van der Waals surface area contributed by atoms with E-state index in [4.69, 9.17) is 0 Å². The highest BCUT2D eigenvalue weighted by molar-refractivity contribution is 6.09. The Morgan fingerprint density at radius 2 is 1.68 bits per heavy atom.